The molecule has 9 aromatic rings. The van der Waals surface area contributed by atoms with Gasteiger partial charge >= 0.3 is 0 Å². The molecule has 0 amide bonds. The average Bonchev–Trinajstić information content (AvgIpc) is 3.17. The van der Waals surface area contributed by atoms with E-state index in [0.717, 1.165) is 72.8 Å². The van der Waals surface area contributed by atoms with E-state index in [4.69, 9.17) is 4.98 Å². The molecule has 0 aliphatic carbocycles. The van der Waals surface area contributed by atoms with Gasteiger partial charge in [-0.15, -0.1) is 0 Å². The summed E-state index contributed by atoms with van der Waals surface area (Å²) in [6.07, 6.45) is 6.46. The standard InChI is InChI=1S/C44H30N4/c1-2-35-36(41-9-3-4-22-45-41)20-18-29-12-16-32(25-38(29)35)33-17-15-31-19-21-40(48-42(31)27-33)30-13-10-28(11-14-30)39-26-34-7-5-23-46-43(34)44-37(39)8-6-24-47-44/h3-27H,2H2,1H3. The monoisotopic (exact) mass is 614 g/mol. The zero-order chi connectivity index (χ0) is 32.0. The third kappa shape index (κ3) is 4.78. The van der Waals surface area contributed by atoms with Crippen molar-refractivity contribution >= 4 is 43.5 Å². The van der Waals surface area contributed by atoms with Crippen molar-refractivity contribution in [3.8, 4) is 44.8 Å². The number of nitrogens with zero attached hydrogens (tertiary/aromatic N) is 4. The van der Waals surface area contributed by atoms with Crippen LogP contribution in [0.3, 0.4) is 0 Å². The molecule has 5 aromatic carbocycles. The molecule has 4 nitrogen and oxygen atoms in total. The van der Waals surface area contributed by atoms with Crippen LogP contribution in [0.25, 0.3) is 88.2 Å². The first-order valence-corrected chi connectivity index (χ1v) is 16.3. The molecule has 0 fully saturated rings. The first kappa shape index (κ1) is 28.0. The van der Waals surface area contributed by atoms with E-state index in [1.165, 1.54) is 27.5 Å². The Hall–Kier alpha value is -6.26. The third-order valence-corrected chi connectivity index (χ3v) is 9.41. The molecule has 0 unspecified atom stereocenters. The van der Waals surface area contributed by atoms with Gasteiger partial charge in [0.15, 0.2) is 0 Å². The second kappa shape index (κ2) is 11.5. The summed E-state index contributed by atoms with van der Waals surface area (Å²) in [7, 11) is 0. The van der Waals surface area contributed by atoms with Crippen molar-refractivity contribution in [2.75, 3.05) is 0 Å². The van der Waals surface area contributed by atoms with E-state index in [1.54, 1.807) is 0 Å². The summed E-state index contributed by atoms with van der Waals surface area (Å²) in [4.78, 5) is 19.1. The Bertz CT molecular complexity index is 2640. The molecule has 0 saturated heterocycles. The molecule has 0 aliphatic heterocycles. The number of hydrogen-bond donors (Lipinski definition) is 0. The molecule has 0 aliphatic rings. The second-order valence-electron chi connectivity index (χ2n) is 12.2. The SMILES string of the molecule is CCc1c(-c2ccccn2)ccc2ccc(-c3ccc4ccc(-c5ccc(-c6cc7cccnc7c7ncccc67)cc5)nc4c3)cc12. The van der Waals surface area contributed by atoms with E-state index in [0.29, 0.717) is 0 Å². The Morgan fingerprint density at radius 2 is 1.15 bits per heavy atom. The van der Waals surface area contributed by atoms with Crippen molar-refractivity contribution < 1.29 is 0 Å². The zero-order valence-corrected chi connectivity index (χ0v) is 26.4. The first-order valence-electron chi connectivity index (χ1n) is 16.3. The van der Waals surface area contributed by atoms with E-state index in [1.807, 2.05) is 36.8 Å². The fourth-order valence-corrected chi connectivity index (χ4v) is 7.00. The highest BCUT2D eigenvalue weighted by molar-refractivity contribution is 6.10. The largest absolute Gasteiger partial charge is 0.256 e. The van der Waals surface area contributed by atoms with Gasteiger partial charge in [-0.2, -0.15) is 0 Å². The van der Waals surface area contributed by atoms with Gasteiger partial charge in [-0.25, -0.2) is 4.98 Å². The van der Waals surface area contributed by atoms with Gasteiger partial charge in [0.1, 0.15) is 0 Å². The predicted octanol–water partition coefficient (Wildman–Crippen LogP) is 11.1. The molecule has 0 atom stereocenters. The Kier molecular flexibility index (Phi) is 6.72. The molecule has 4 heteroatoms. The van der Waals surface area contributed by atoms with Crippen LogP contribution >= 0.6 is 0 Å². The molecular formula is C44H30N4. The van der Waals surface area contributed by atoms with Gasteiger partial charge < -0.3 is 0 Å². The molecule has 0 bridgehead atoms. The van der Waals surface area contributed by atoms with Crippen LogP contribution in [0.4, 0.5) is 0 Å². The number of benzene rings is 5. The summed E-state index contributed by atoms with van der Waals surface area (Å²) in [5.74, 6) is 0. The Balaban J connectivity index is 1.08. The van der Waals surface area contributed by atoms with E-state index >= 15 is 0 Å². The van der Waals surface area contributed by atoms with Crippen LogP contribution in [-0.2, 0) is 6.42 Å². The first-order chi connectivity index (χ1) is 23.7. The number of aryl methyl sites for hydroxylation is 1. The van der Waals surface area contributed by atoms with Crippen molar-refractivity contribution in [2.45, 2.75) is 13.3 Å². The Morgan fingerprint density at radius 1 is 0.438 bits per heavy atom. The predicted molar refractivity (Wildman–Crippen MR) is 199 cm³/mol. The minimum absolute atomic E-state index is 0.924. The van der Waals surface area contributed by atoms with Crippen LogP contribution in [0.15, 0.2) is 152 Å². The highest BCUT2D eigenvalue weighted by atomic mass is 14.7. The lowest BCUT2D eigenvalue weighted by atomic mass is 9.92. The maximum atomic E-state index is 5.15. The van der Waals surface area contributed by atoms with Gasteiger partial charge in [0.2, 0.25) is 0 Å². The molecule has 4 heterocycles. The van der Waals surface area contributed by atoms with Crippen molar-refractivity contribution in [3.05, 3.63) is 158 Å². The lowest BCUT2D eigenvalue weighted by molar-refractivity contribution is 1.15. The summed E-state index contributed by atoms with van der Waals surface area (Å²) in [5.41, 5.74) is 13.0. The molecule has 0 N–H and O–H groups in total. The minimum Gasteiger partial charge on any atom is -0.256 e. The molecular weight excluding hydrogens is 585 g/mol. The molecule has 9 rings (SSSR count). The van der Waals surface area contributed by atoms with Gasteiger partial charge in [0.25, 0.3) is 0 Å². The number of hydrogen-bond acceptors (Lipinski definition) is 4. The average molecular weight is 615 g/mol. The molecule has 4 aromatic heterocycles. The zero-order valence-electron chi connectivity index (χ0n) is 26.4. The van der Waals surface area contributed by atoms with E-state index in [-0.39, 0.29) is 0 Å². The summed E-state index contributed by atoms with van der Waals surface area (Å²) in [6, 6.07) is 47.2. The van der Waals surface area contributed by atoms with Crippen LogP contribution < -0.4 is 0 Å². The van der Waals surface area contributed by atoms with E-state index < -0.39 is 0 Å². The van der Waals surface area contributed by atoms with Crippen LogP contribution in [0.2, 0.25) is 0 Å². The van der Waals surface area contributed by atoms with Crippen molar-refractivity contribution in [2.24, 2.45) is 0 Å². The smallest absolute Gasteiger partial charge is 0.0970 e. The van der Waals surface area contributed by atoms with Gasteiger partial charge in [0, 0.05) is 45.9 Å². The lowest BCUT2D eigenvalue weighted by Crippen LogP contribution is -1.93. The summed E-state index contributed by atoms with van der Waals surface area (Å²) >= 11 is 0. The van der Waals surface area contributed by atoms with Crippen molar-refractivity contribution in [3.63, 3.8) is 0 Å². The van der Waals surface area contributed by atoms with Crippen LogP contribution in [0, 0.1) is 0 Å². The summed E-state index contributed by atoms with van der Waals surface area (Å²) in [6.45, 7) is 2.22. The van der Waals surface area contributed by atoms with Crippen molar-refractivity contribution in [1.29, 1.82) is 0 Å². The fraction of sp³-hybridized carbons (Fsp3) is 0.0455. The molecule has 48 heavy (non-hydrogen) atoms. The molecule has 0 spiro atoms. The van der Waals surface area contributed by atoms with E-state index in [9.17, 15) is 0 Å². The van der Waals surface area contributed by atoms with Crippen molar-refractivity contribution in [1.82, 2.24) is 19.9 Å². The number of fused-ring (bicyclic) bond motifs is 5. The van der Waals surface area contributed by atoms with Crippen LogP contribution in [0.1, 0.15) is 12.5 Å². The van der Waals surface area contributed by atoms with Gasteiger partial charge in [-0.3, -0.25) is 15.0 Å². The topological polar surface area (TPSA) is 51.6 Å². The minimum atomic E-state index is 0.924. The van der Waals surface area contributed by atoms with Gasteiger partial charge in [0.05, 0.1) is 27.9 Å². The maximum absolute atomic E-state index is 5.15. The van der Waals surface area contributed by atoms with Crippen LogP contribution in [-0.4, -0.2) is 19.9 Å². The highest BCUT2D eigenvalue weighted by Gasteiger charge is 2.13. The van der Waals surface area contributed by atoms with Crippen LogP contribution in [0.5, 0.6) is 0 Å². The lowest BCUT2D eigenvalue weighted by Gasteiger charge is -2.13. The normalized spacial score (nSPS) is 11.5. The van der Waals surface area contributed by atoms with Gasteiger partial charge in [-0.05, 0) is 93.5 Å². The second-order valence-corrected chi connectivity index (χ2v) is 12.2. The highest BCUT2D eigenvalue weighted by Crippen LogP contribution is 2.36. The number of pyridine rings is 4. The Morgan fingerprint density at radius 3 is 1.98 bits per heavy atom. The molecule has 0 saturated carbocycles. The maximum Gasteiger partial charge on any atom is 0.0970 e. The summed E-state index contributed by atoms with van der Waals surface area (Å²) in [5, 5.41) is 5.81. The number of rotatable bonds is 5. The summed E-state index contributed by atoms with van der Waals surface area (Å²) < 4.78 is 0. The Labute approximate surface area is 278 Å². The van der Waals surface area contributed by atoms with Gasteiger partial charge in [-0.1, -0.05) is 91.9 Å². The number of aromatic nitrogens is 4. The third-order valence-electron chi connectivity index (χ3n) is 9.41. The fourth-order valence-electron chi connectivity index (χ4n) is 7.00. The van der Waals surface area contributed by atoms with E-state index in [2.05, 4.69) is 137 Å². The molecule has 226 valence electrons. The quantitative estimate of drug-likeness (QED) is 0.181. The molecule has 0 radical (unpaired) electrons.